The van der Waals surface area contributed by atoms with E-state index >= 15 is 0 Å². The van der Waals surface area contributed by atoms with Crippen LogP contribution in [0.2, 0.25) is 0 Å². The Labute approximate surface area is 107 Å². The maximum atomic E-state index is 11.7. The highest BCUT2D eigenvalue weighted by atomic mass is 32.3. The van der Waals surface area contributed by atoms with Gasteiger partial charge in [-0.15, -0.1) is 0 Å². The number of hydrogen-bond acceptors (Lipinski definition) is 4. The predicted molar refractivity (Wildman–Crippen MR) is 69.8 cm³/mol. The highest BCUT2D eigenvalue weighted by Gasteiger charge is 2.38. The third-order valence-corrected chi connectivity index (χ3v) is 6.40. The average molecular weight is 287 g/mol. The van der Waals surface area contributed by atoms with E-state index in [4.69, 9.17) is 0 Å². The molecule has 1 aromatic rings. The molecule has 0 aliphatic carbocycles. The third-order valence-electron chi connectivity index (χ3n) is 2.55. The maximum absolute atomic E-state index is 11.7. The Morgan fingerprint density at radius 3 is 2.33 bits per heavy atom. The quantitative estimate of drug-likeness (QED) is 0.801. The first-order valence-corrected chi connectivity index (χ1v) is 8.70. The summed E-state index contributed by atoms with van der Waals surface area (Å²) in [5.41, 5.74) is 1.43. The van der Waals surface area contributed by atoms with Crippen LogP contribution in [0.4, 0.5) is 0 Å². The van der Waals surface area contributed by atoms with Crippen molar-refractivity contribution < 1.29 is 16.8 Å². The van der Waals surface area contributed by atoms with Gasteiger partial charge in [0, 0.05) is 0 Å². The fourth-order valence-corrected chi connectivity index (χ4v) is 5.17. The number of nitrogens with zero attached hydrogens (tertiary/aromatic N) is 1. The monoisotopic (exact) mass is 287 g/mol. The summed E-state index contributed by atoms with van der Waals surface area (Å²) in [6.45, 7) is -0.0872. The van der Waals surface area contributed by atoms with E-state index in [0.717, 1.165) is 11.8 Å². The summed E-state index contributed by atoms with van der Waals surface area (Å²) in [5, 5.41) is 0. The van der Waals surface area contributed by atoms with Gasteiger partial charge < -0.3 is 0 Å². The molecule has 0 amide bonds. The molecule has 0 bridgehead atoms. The second kappa shape index (κ2) is 4.49. The topological polar surface area (TPSA) is 71.5 Å². The second-order valence-corrected chi connectivity index (χ2v) is 8.19. The van der Waals surface area contributed by atoms with Crippen molar-refractivity contribution in [3.8, 4) is 0 Å². The molecule has 1 aliphatic rings. The highest BCUT2D eigenvalue weighted by molar-refractivity contribution is 8.04. The van der Waals surface area contributed by atoms with Crippen LogP contribution < -0.4 is 0 Å². The van der Waals surface area contributed by atoms with Gasteiger partial charge in [-0.25, -0.2) is 16.8 Å². The first-order chi connectivity index (χ1) is 8.29. The summed E-state index contributed by atoms with van der Waals surface area (Å²) in [4.78, 5) is 0. The normalized spacial score (nSPS) is 22.4. The van der Waals surface area contributed by atoms with Crippen LogP contribution in [0.15, 0.2) is 35.9 Å². The van der Waals surface area contributed by atoms with Crippen LogP contribution in [-0.2, 0) is 20.0 Å². The Morgan fingerprint density at radius 2 is 1.83 bits per heavy atom. The molecule has 1 heterocycles. The molecule has 0 saturated carbocycles. The molecule has 7 heteroatoms. The number of rotatable bonds is 2. The van der Waals surface area contributed by atoms with Crippen LogP contribution in [-0.4, -0.2) is 39.1 Å². The molecular weight excluding hydrogens is 274 g/mol. The molecule has 1 saturated heterocycles. The minimum atomic E-state index is -3.74. The Hall–Kier alpha value is -1.18. The van der Waals surface area contributed by atoms with Crippen molar-refractivity contribution in [1.82, 2.24) is 3.71 Å². The lowest BCUT2D eigenvalue weighted by atomic mass is 10.1. The van der Waals surface area contributed by atoms with Gasteiger partial charge in [-0.1, -0.05) is 40.1 Å². The van der Waals surface area contributed by atoms with Gasteiger partial charge in [0.15, 0.2) is 0 Å². The molecule has 0 radical (unpaired) electrons. The van der Waals surface area contributed by atoms with Gasteiger partial charge in [0.05, 0.1) is 18.6 Å². The minimum absolute atomic E-state index is 0.0872. The molecule has 1 fully saturated rings. The van der Waals surface area contributed by atoms with Crippen LogP contribution in [0.5, 0.6) is 0 Å². The van der Waals surface area contributed by atoms with Crippen LogP contribution in [0, 0.1) is 0 Å². The standard InChI is InChI=1S/C11H13NO4S2/c1-17(13,14)12-8-11(9-18(12,15)16)7-10-5-3-2-4-6-10/h2-7H,8-9H2,1H3/b11-7+. The van der Waals surface area contributed by atoms with Gasteiger partial charge in [0.25, 0.3) is 0 Å². The lowest BCUT2D eigenvalue weighted by Gasteiger charge is -2.09. The van der Waals surface area contributed by atoms with E-state index in [1.807, 2.05) is 30.3 Å². The lowest BCUT2D eigenvalue weighted by Crippen LogP contribution is -2.31. The first-order valence-electron chi connectivity index (χ1n) is 5.24. The Morgan fingerprint density at radius 1 is 1.22 bits per heavy atom. The van der Waals surface area contributed by atoms with Gasteiger partial charge in [-0.2, -0.15) is 0 Å². The Bertz CT molecular complexity index is 675. The molecule has 2 rings (SSSR count). The van der Waals surface area contributed by atoms with Gasteiger partial charge >= 0.3 is 0 Å². The molecule has 18 heavy (non-hydrogen) atoms. The molecule has 5 nitrogen and oxygen atoms in total. The van der Waals surface area contributed by atoms with Crippen molar-refractivity contribution in [1.29, 1.82) is 0 Å². The molecule has 0 unspecified atom stereocenters. The summed E-state index contributed by atoms with van der Waals surface area (Å²) in [6, 6.07) is 9.20. The highest BCUT2D eigenvalue weighted by Crippen LogP contribution is 2.23. The zero-order valence-corrected chi connectivity index (χ0v) is 11.4. The van der Waals surface area contributed by atoms with Crippen LogP contribution in [0.1, 0.15) is 5.56 Å². The van der Waals surface area contributed by atoms with Crippen molar-refractivity contribution in [2.24, 2.45) is 0 Å². The maximum Gasteiger partial charge on any atom is 0.231 e. The smallest absolute Gasteiger partial charge is 0.212 e. The Kier molecular flexibility index (Phi) is 3.31. The molecule has 0 atom stereocenters. The van der Waals surface area contributed by atoms with Crippen molar-refractivity contribution in [2.45, 2.75) is 0 Å². The van der Waals surface area contributed by atoms with Crippen LogP contribution in [0.3, 0.4) is 0 Å². The lowest BCUT2D eigenvalue weighted by molar-refractivity contribution is 0.529. The van der Waals surface area contributed by atoms with Gasteiger partial charge in [0.2, 0.25) is 20.0 Å². The number of sulfonamides is 2. The average Bonchev–Trinajstić information content (AvgIpc) is 2.54. The number of hydrogen-bond donors (Lipinski definition) is 0. The molecule has 0 spiro atoms. The predicted octanol–water partition coefficient (Wildman–Crippen LogP) is 0.675. The van der Waals surface area contributed by atoms with E-state index in [2.05, 4.69) is 0 Å². The molecule has 98 valence electrons. The van der Waals surface area contributed by atoms with Crippen LogP contribution in [0.25, 0.3) is 6.08 Å². The zero-order chi connectivity index (χ0) is 13.4. The largest absolute Gasteiger partial charge is 0.231 e. The molecular formula is C11H13NO4S2. The van der Waals surface area contributed by atoms with Gasteiger partial charge in [-0.05, 0) is 11.1 Å². The van der Waals surface area contributed by atoms with E-state index in [9.17, 15) is 16.8 Å². The summed E-state index contributed by atoms with van der Waals surface area (Å²) >= 11 is 0. The van der Waals surface area contributed by atoms with Gasteiger partial charge in [-0.3, -0.25) is 0 Å². The fourth-order valence-electron chi connectivity index (χ4n) is 1.81. The summed E-state index contributed by atoms with van der Waals surface area (Å²) in [6.07, 6.45) is 2.61. The van der Waals surface area contributed by atoms with Crippen molar-refractivity contribution in [3.63, 3.8) is 0 Å². The van der Waals surface area contributed by atoms with E-state index in [1.165, 1.54) is 0 Å². The summed E-state index contributed by atoms with van der Waals surface area (Å²) in [7, 11) is -7.47. The summed E-state index contributed by atoms with van der Waals surface area (Å²) < 4.78 is 46.7. The first kappa shape index (κ1) is 13.3. The van der Waals surface area contributed by atoms with Gasteiger partial charge in [0.1, 0.15) is 0 Å². The number of benzene rings is 1. The SMILES string of the molecule is CS(=O)(=O)N1C/C(=C\c2ccccc2)CS1(=O)=O. The molecule has 1 aliphatic heterocycles. The fraction of sp³-hybridized carbons (Fsp3) is 0.273. The Balaban J connectivity index is 2.35. The summed E-state index contributed by atoms with van der Waals surface area (Å²) in [5.74, 6) is -0.241. The van der Waals surface area contributed by atoms with E-state index in [-0.39, 0.29) is 12.3 Å². The molecule has 0 aromatic heterocycles. The molecule has 0 N–H and O–H groups in total. The van der Waals surface area contributed by atoms with Crippen molar-refractivity contribution >= 4 is 26.1 Å². The minimum Gasteiger partial charge on any atom is -0.212 e. The van der Waals surface area contributed by atoms with E-state index in [0.29, 0.717) is 9.28 Å². The van der Waals surface area contributed by atoms with E-state index < -0.39 is 20.0 Å². The third kappa shape index (κ3) is 2.80. The van der Waals surface area contributed by atoms with Crippen molar-refractivity contribution in [3.05, 3.63) is 41.5 Å². The zero-order valence-electron chi connectivity index (χ0n) is 9.78. The molecule has 1 aromatic carbocycles. The van der Waals surface area contributed by atoms with Crippen LogP contribution >= 0.6 is 0 Å². The van der Waals surface area contributed by atoms with E-state index in [1.54, 1.807) is 6.08 Å². The van der Waals surface area contributed by atoms with Crippen molar-refractivity contribution in [2.75, 3.05) is 18.6 Å². The second-order valence-electron chi connectivity index (χ2n) is 4.16.